The van der Waals surface area contributed by atoms with E-state index in [4.69, 9.17) is 10.5 Å². The first-order chi connectivity index (χ1) is 9.56. The van der Waals surface area contributed by atoms with E-state index >= 15 is 0 Å². The van der Waals surface area contributed by atoms with Crippen molar-refractivity contribution in [3.05, 3.63) is 29.6 Å². The molecule has 0 aromatic heterocycles. The van der Waals surface area contributed by atoms with Crippen LogP contribution in [0.4, 0.5) is 10.1 Å². The maximum Gasteiger partial charge on any atom is 0.248 e. The monoisotopic (exact) mass is 281 g/mol. The molecule has 2 atom stereocenters. The van der Waals surface area contributed by atoms with Gasteiger partial charge in [-0.05, 0) is 31.5 Å². The first kappa shape index (κ1) is 14.7. The SMILES string of the molecule is CC(CC1COCCN1)Nc1cc(C(N)=O)ccc1F. The lowest BCUT2D eigenvalue weighted by Crippen LogP contribution is -2.43. The number of rotatable bonds is 5. The van der Waals surface area contributed by atoms with Gasteiger partial charge in [-0.2, -0.15) is 0 Å². The maximum absolute atomic E-state index is 13.7. The van der Waals surface area contributed by atoms with Gasteiger partial charge in [0.2, 0.25) is 5.91 Å². The summed E-state index contributed by atoms with van der Waals surface area (Å²) < 4.78 is 19.1. The summed E-state index contributed by atoms with van der Waals surface area (Å²) in [6.07, 6.45) is 0.806. The second-order valence-electron chi connectivity index (χ2n) is 5.07. The highest BCUT2D eigenvalue weighted by Gasteiger charge is 2.17. The van der Waals surface area contributed by atoms with Crippen LogP contribution < -0.4 is 16.4 Å². The van der Waals surface area contributed by atoms with Crippen LogP contribution in [0.3, 0.4) is 0 Å². The molecule has 5 nitrogen and oxygen atoms in total. The highest BCUT2D eigenvalue weighted by molar-refractivity contribution is 5.93. The van der Waals surface area contributed by atoms with Gasteiger partial charge in [0.25, 0.3) is 0 Å². The minimum Gasteiger partial charge on any atom is -0.380 e. The largest absolute Gasteiger partial charge is 0.380 e. The second-order valence-corrected chi connectivity index (χ2v) is 5.07. The van der Waals surface area contributed by atoms with Crippen molar-refractivity contribution in [1.82, 2.24) is 5.32 Å². The van der Waals surface area contributed by atoms with E-state index in [0.717, 1.165) is 19.6 Å². The van der Waals surface area contributed by atoms with E-state index in [9.17, 15) is 9.18 Å². The van der Waals surface area contributed by atoms with Crippen LogP contribution in [0.1, 0.15) is 23.7 Å². The van der Waals surface area contributed by atoms with Crippen molar-refractivity contribution in [2.75, 3.05) is 25.1 Å². The van der Waals surface area contributed by atoms with Gasteiger partial charge in [-0.15, -0.1) is 0 Å². The molecular formula is C14H20FN3O2. The Labute approximate surface area is 117 Å². The van der Waals surface area contributed by atoms with E-state index in [1.165, 1.54) is 18.2 Å². The van der Waals surface area contributed by atoms with Gasteiger partial charge in [-0.3, -0.25) is 4.79 Å². The Morgan fingerprint density at radius 3 is 3.10 bits per heavy atom. The standard InChI is InChI=1S/C14H20FN3O2/c1-9(6-11-8-20-5-4-17-11)18-13-7-10(14(16)19)2-3-12(13)15/h2-3,7,9,11,17-18H,4-6,8H2,1H3,(H2,16,19). The fourth-order valence-electron chi connectivity index (χ4n) is 2.31. The lowest BCUT2D eigenvalue weighted by Gasteiger charge is -2.27. The van der Waals surface area contributed by atoms with Gasteiger partial charge < -0.3 is 21.1 Å². The number of carbonyl (C=O) groups excluding carboxylic acids is 1. The summed E-state index contributed by atoms with van der Waals surface area (Å²) in [6, 6.07) is 4.38. The van der Waals surface area contributed by atoms with E-state index in [-0.39, 0.29) is 12.1 Å². The first-order valence-corrected chi connectivity index (χ1v) is 6.73. The second kappa shape index (κ2) is 6.67. The van der Waals surface area contributed by atoms with E-state index in [0.29, 0.717) is 17.9 Å². The Morgan fingerprint density at radius 1 is 1.65 bits per heavy atom. The average Bonchev–Trinajstić information content (AvgIpc) is 2.42. The van der Waals surface area contributed by atoms with Crippen molar-refractivity contribution in [2.45, 2.75) is 25.4 Å². The van der Waals surface area contributed by atoms with Crippen LogP contribution in [0.25, 0.3) is 0 Å². The van der Waals surface area contributed by atoms with Crippen LogP contribution in [-0.4, -0.2) is 37.7 Å². The lowest BCUT2D eigenvalue weighted by atomic mass is 10.1. The third-order valence-corrected chi connectivity index (χ3v) is 3.29. The summed E-state index contributed by atoms with van der Waals surface area (Å²) in [5.41, 5.74) is 5.79. The molecular weight excluding hydrogens is 261 g/mol. The Morgan fingerprint density at radius 2 is 2.45 bits per heavy atom. The molecule has 4 N–H and O–H groups in total. The molecule has 0 spiro atoms. The Bertz CT molecular complexity index is 475. The number of amides is 1. The Kier molecular flexibility index (Phi) is 4.92. The van der Waals surface area contributed by atoms with E-state index in [1.54, 1.807) is 0 Å². The van der Waals surface area contributed by atoms with Gasteiger partial charge in [0.15, 0.2) is 0 Å². The van der Waals surface area contributed by atoms with Gasteiger partial charge >= 0.3 is 0 Å². The summed E-state index contributed by atoms with van der Waals surface area (Å²) >= 11 is 0. The van der Waals surface area contributed by atoms with Gasteiger partial charge in [0.1, 0.15) is 5.82 Å². The van der Waals surface area contributed by atoms with Crippen molar-refractivity contribution in [3.8, 4) is 0 Å². The number of benzene rings is 1. The van der Waals surface area contributed by atoms with Crippen LogP contribution >= 0.6 is 0 Å². The normalized spacial score (nSPS) is 20.4. The van der Waals surface area contributed by atoms with Crippen LogP contribution in [0, 0.1) is 5.82 Å². The predicted octanol–water partition coefficient (Wildman–Crippen LogP) is 1.10. The van der Waals surface area contributed by atoms with Crippen LogP contribution in [0.15, 0.2) is 18.2 Å². The average molecular weight is 281 g/mol. The molecule has 20 heavy (non-hydrogen) atoms. The number of ether oxygens (including phenoxy) is 1. The highest BCUT2D eigenvalue weighted by Crippen LogP contribution is 2.18. The van der Waals surface area contributed by atoms with Crippen LogP contribution in [-0.2, 0) is 4.74 Å². The molecule has 1 amide bonds. The summed E-state index contributed by atoms with van der Waals surface area (Å²) in [7, 11) is 0. The van der Waals surface area contributed by atoms with E-state index in [2.05, 4.69) is 10.6 Å². The van der Waals surface area contributed by atoms with Crippen molar-refractivity contribution in [1.29, 1.82) is 0 Å². The third-order valence-electron chi connectivity index (χ3n) is 3.29. The van der Waals surface area contributed by atoms with Gasteiger partial charge in [0.05, 0.1) is 18.9 Å². The molecule has 2 unspecified atom stereocenters. The maximum atomic E-state index is 13.7. The number of nitrogens with two attached hydrogens (primary N) is 1. The molecule has 6 heteroatoms. The molecule has 1 aliphatic heterocycles. The zero-order chi connectivity index (χ0) is 14.5. The van der Waals surface area contributed by atoms with E-state index < -0.39 is 11.7 Å². The molecule has 1 saturated heterocycles. The number of hydrogen-bond donors (Lipinski definition) is 3. The number of anilines is 1. The van der Waals surface area contributed by atoms with E-state index in [1.807, 2.05) is 6.92 Å². The Balaban J connectivity index is 1.97. The molecule has 0 bridgehead atoms. The number of halogens is 1. The molecule has 0 aliphatic carbocycles. The molecule has 1 aromatic rings. The number of carbonyl (C=O) groups is 1. The molecule has 1 aromatic carbocycles. The molecule has 0 saturated carbocycles. The quantitative estimate of drug-likeness (QED) is 0.755. The molecule has 1 heterocycles. The van der Waals surface area contributed by atoms with Crippen molar-refractivity contribution < 1.29 is 13.9 Å². The fraction of sp³-hybridized carbons (Fsp3) is 0.500. The first-order valence-electron chi connectivity index (χ1n) is 6.73. The molecule has 1 fully saturated rings. The van der Waals surface area contributed by atoms with Crippen LogP contribution in [0.5, 0.6) is 0 Å². The highest BCUT2D eigenvalue weighted by atomic mass is 19.1. The van der Waals surface area contributed by atoms with Gasteiger partial charge in [-0.1, -0.05) is 0 Å². The zero-order valence-corrected chi connectivity index (χ0v) is 11.5. The molecule has 0 radical (unpaired) electrons. The summed E-state index contributed by atoms with van der Waals surface area (Å²) in [5.74, 6) is -0.960. The molecule has 2 rings (SSSR count). The van der Waals surface area contributed by atoms with Gasteiger partial charge in [0, 0.05) is 24.2 Å². The summed E-state index contributed by atoms with van der Waals surface area (Å²) in [4.78, 5) is 11.1. The number of morpholine rings is 1. The number of nitrogens with one attached hydrogen (secondary N) is 2. The molecule has 1 aliphatic rings. The van der Waals surface area contributed by atoms with Gasteiger partial charge in [-0.25, -0.2) is 4.39 Å². The lowest BCUT2D eigenvalue weighted by molar-refractivity contribution is 0.0731. The predicted molar refractivity (Wildman–Crippen MR) is 75.2 cm³/mol. The number of hydrogen-bond acceptors (Lipinski definition) is 4. The number of primary amides is 1. The third kappa shape index (κ3) is 3.91. The molecule has 110 valence electrons. The van der Waals surface area contributed by atoms with Crippen LogP contribution in [0.2, 0.25) is 0 Å². The summed E-state index contributed by atoms with van der Waals surface area (Å²) in [6.45, 7) is 4.19. The summed E-state index contributed by atoms with van der Waals surface area (Å²) in [5, 5.41) is 6.42. The zero-order valence-electron chi connectivity index (χ0n) is 11.5. The van der Waals surface area contributed by atoms with Crippen molar-refractivity contribution in [3.63, 3.8) is 0 Å². The van der Waals surface area contributed by atoms with Crippen molar-refractivity contribution in [2.24, 2.45) is 5.73 Å². The minimum atomic E-state index is -0.567. The Hall–Kier alpha value is -1.66. The van der Waals surface area contributed by atoms with Crippen molar-refractivity contribution >= 4 is 11.6 Å². The smallest absolute Gasteiger partial charge is 0.248 e. The fourth-order valence-corrected chi connectivity index (χ4v) is 2.31. The minimum absolute atomic E-state index is 0.0480. The topological polar surface area (TPSA) is 76.4 Å².